The normalized spacial score (nSPS) is 10.5. The molecule has 3 rings (SSSR count). The van der Waals surface area contributed by atoms with Crippen molar-refractivity contribution in [2.45, 2.75) is 13.3 Å². The maximum absolute atomic E-state index is 9.19. The number of benzene rings is 1. The van der Waals surface area contributed by atoms with Gasteiger partial charge in [-0.2, -0.15) is 5.26 Å². The summed E-state index contributed by atoms with van der Waals surface area (Å²) in [6.45, 7) is 2.59. The van der Waals surface area contributed by atoms with Gasteiger partial charge in [0.15, 0.2) is 5.69 Å². The van der Waals surface area contributed by atoms with Crippen LogP contribution in [0.5, 0.6) is 0 Å². The Morgan fingerprint density at radius 2 is 2.05 bits per heavy atom. The lowest BCUT2D eigenvalue weighted by Gasteiger charge is -2.09. The zero-order chi connectivity index (χ0) is 14.7. The van der Waals surface area contributed by atoms with E-state index in [1.54, 1.807) is 0 Å². The van der Waals surface area contributed by atoms with Crippen molar-refractivity contribution in [3.8, 4) is 6.07 Å². The standard InChI is InChI=1S/C16H14N4O/c1-11-6-7-12(21-11)8-9-18-16-13-4-2-3-5-14(13)19-20-15(16)10-17/h2-7H,8-9H2,1H3,(H,18,19). The highest BCUT2D eigenvalue weighted by Crippen LogP contribution is 2.23. The number of aromatic nitrogens is 2. The molecular weight excluding hydrogens is 264 g/mol. The maximum atomic E-state index is 9.19. The summed E-state index contributed by atoms with van der Waals surface area (Å²) in [6.07, 6.45) is 0.745. The van der Waals surface area contributed by atoms with Crippen LogP contribution in [0, 0.1) is 18.3 Å². The van der Waals surface area contributed by atoms with E-state index in [2.05, 4.69) is 21.6 Å². The number of fused-ring (bicyclic) bond motifs is 1. The molecule has 5 nitrogen and oxygen atoms in total. The second-order valence-corrected chi connectivity index (χ2v) is 4.74. The summed E-state index contributed by atoms with van der Waals surface area (Å²) in [4.78, 5) is 0. The molecule has 2 aromatic heterocycles. The largest absolute Gasteiger partial charge is 0.466 e. The molecule has 21 heavy (non-hydrogen) atoms. The summed E-state index contributed by atoms with van der Waals surface area (Å²) in [5.74, 6) is 1.82. The van der Waals surface area contributed by atoms with Crippen LogP contribution in [0.25, 0.3) is 10.9 Å². The molecule has 0 amide bonds. The van der Waals surface area contributed by atoms with Crippen LogP contribution >= 0.6 is 0 Å². The topological polar surface area (TPSA) is 74.7 Å². The Morgan fingerprint density at radius 1 is 1.19 bits per heavy atom. The summed E-state index contributed by atoms with van der Waals surface area (Å²) in [6, 6.07) is 13.6. The Hall–Kier alpha value is -2.87. The Kier molecular flexibility index (Phi) is 3.52. The summed E-state index contributed by atoms with van der Waals surface area (Å²) in [5.41, 5.74) is 1.81. The first kappa shape index (κ1) is 13.1. The Labute approximate surface area is 122 Å². The average molecular weight is 278 g/mol. The van der Waals surface area contributed by atoms with Gasteiger partial charge in [-0.15, -0.1) is 10.2 Å². The Balaban J connectivity index is 1.84. The minimum absolute atomic E-state index is 0.310. The second-order valence-electron chi connectivity index (χ2n) is 4.74. The molecule has 0 fully saturated rings. The van der Waals surface area contributed by atoms with Gasteiger partial charge in [0.25, 0.3) is 0 Å². The zero-order valence-electron chi connectivity index (χ0n) is 11.6. The predicted octanol–water partition coefficient (Wildman–Crippen LogP) is 3.06. The third-order valence-corrected chi connectivity index (χ3v) is 3.24. The second kappa shape index (κ2) is 5.63. The van der Waals surface area contributed by atoms with Gasteiger partial charge in [0.1, 0.15) is 17.6 Å². The first-order valence-electron chi connectivity index (χ1n) is 6.72. The van der Waals surface area contributed by atoms with Gasteiger partial charge in [0.2, 0.25) is 0 Å². The van der Waals surface area contributed by atoms with Gasteiger partial charge >= 0.3 is 0 Å². The highest BCUT2D eigenvalue weighted by atomic mass is 16.3. The number of nitriles is 1. The average Bonchev–Trinajstić information content (AvgIpc) is 2.93. The molecule has 2 heterocycles. The predicted molar refractivity (Wildman–Crippen MR) is 79.9 cm³/mol. The van der Waals surface area contributed by atoms with Crippen LogP contribution in [0.3, 0.4) is 0 Å². The highest BCUT2D eigenvalue weighted by Gasteiger charge is 2.09. The van der Waals surface area contributed by atoms with Crippen LogP contribution in [-0.2, 0) is 6.42 Å². The van der Waals surface area contributed by atoms with Gasteiger partial charge in [-0.25, -0.2) is 0 Å². The zero-order valence-corrected chi connectivity index (χ0v) is 11.6. The van der Waals surface area contributed by atoms with Crippen molar-refractivity contribution in [2.75, 3.05) is 11.9 Å². The van der Waals surface area contributed by atoms with E-state index in [1.807, 2.05) is 43.3 Å². The van der Waals surface area contributed by atoms with Gasteiger partial charge < -0.3 is 9.73 Å². The number of nitrogens with zero attached hydrogens (tertiary/aromatic N) is 3. The fraction of sp³-hybridized carbons (Fsp3) is 0.188. The van der Waals surface area contributed by atoms with Crippen molar-refractivity contribution >= 4 is 16.6 Å². The van der Waals surface area contributed by atoms with Gasteiger partial charge in [0.05, 0.1) is 11.2 Å². The van der Waals surface area contributed by atoms with Gasteiger partial charge in [-0.05, 0) is 25.1 Å². The number of rotatable bonds is 4. The van der Waals surface area contributed by atoms with E-state index in [0.717, 1.165) is 34.5 Å². The van der Waals surface area contributed by atoms with Crippen molar-refractivity contribution in [2.24, 2.45) is 0 Å². The Bertz CT molecular complexity index is 817. The molecule has 1 N–H and O–H groups in total. The van der Waals surface area contributed by atoms with E-state index >= 15 is 0 Å². The van der Waals surface area contributed by atoms with Crippen LogP contribution in [0.4, 0.5) is 5.69 Å². The summed E-state index contributed by atoms with van der Waals surface area (Å²) in [7, 11) is 0. The first-order chi connectivity index (χ1) is 10.3. The number of hydrogen-bond acceptors (Lipinski definition) is 5. The molecule has 0 atom stereocenters. The van der Waals surface area contributed by atoms with Crippen LogP contribution in [0.15, 0.2) is 40.8 Å². The molecule has 104 valence electrons. The van der Waals surface area contributed by atoms with Crippen molar-refractivity contribution in [3.63, 3.8) is 0 Å². The number of nitrogens with one attached hydrogen (secondary N) is 1. The van der Waals surface area contributed by atoms with Gasteiger partial charge in [-0.3, -0.25) is 0 Å². The molecule has 0 saturated heterocycles. The van der Waals surface area contributed by atoms with Crippen LogP contribution < -0.4 is 5.32 Å². The van der Waals surface area contributed by atoms with E-state index < -0.39 is 0 Å². The molecule has 5 heteroatoms. The maximum Gasteiger partial charge on any atom is 0.186 e. The molecule has 0 aliphatic rings. The first-order valence-corrected chi connectivity index (χ1v) is 6.72. The smallest absolute Gasteiger partial charge is 0.186 e. The lowest BCUT2D eigenvalue weighted by Crippen LogP contribution is -2.08. The van der Waals surface area contributed by atoms with E-state index in [1.165, 1.54) is 0 Å². The molecule has 0 aliphatic carbocycles. The Morgan fingerprint density at radius 3 is 2.81 bits per heavy atom. The number of anilines is 1. The summed E-state index contributed by atoms with van der Waals surface area (Å²) >= 11 is 0. The highest BCUT2D eigenvalue weighted by molar-refractivity contribution is 5.92. The van der Waals surface area contributed by atoms with E-state index in [-0.39, 0.29) is 0 Å². The minimum atomic E-state index is 0.310. The van der Waals surface area contributed by atoms with E-state index in [9.17, 15) is 5.26 Å². The molecule has 0 spiro atoms. The molecule has 0 radical (unpaired) electrons. The quantitative estimate of drug-likeness (QED) is 0.793. The lowest BCUT2D eigenvalue weighted by atomic mass is 10.1. The number of aryl methyl sites for hydroxylation is 1. The molecular formula is C16H14N4O. The van der Waals surface area contributed by atoms with Crippen molar-refractivity contribution in [3.05, 3.63) is 53.6 Å². The van der Waals surface area contributed by atoms with Crippen molar-refractivity contribution in [1.29, 1.82) is 5.26 Å². The third kappa shape index (κ3) is 2.70. The van der Waals surface area contributed by atoms with Crippen LogP contribution in [0.1, 0.15) is 17.2 Å². The van der Waals surface area contributed by atoms with Gasteiger partial charge in [0, 0.05) is 18.4 Å². The summed E-state index contributed by atoms with van der Waals surface area (Å²) in [5, 5.41) is 21.4. The van der Waals surface area contributed by atoms with Crippen molar-refractivity contribution in [1.82, 2.24) is 10.2 Å². The molecule has 3 aromatic rings. The fourth-order valence-electron chi connectivity index (χ4n) is 2.24. The summed E-state index contributed by atoms with van der Waals surface area (Å²) < 4.78 is 5.53. The number of furan rings is 1. The van der Waals surface area contributed by atoms with Crippen LogP contribution in [0.2, 0.25) is 0 Å². The van der Waals surface area contributed by atoms with Gasteiger partial charge in [-0.1, -0.05) is 18.2 Å². The fourth-order valence-corrected chi connectivity index (χ4v) is 2.24. The number of hydrogen-bond donors (Lipinski definition) is 1. The van der Waals surface area contributed by atoms with Crippen LogP contribution in [-0.4, -0.2) is 16.7 Å². The SMILES string of the molecule is Cc1ccc(CCNc2c(C#N)nnc3ccccc23)o1. The van der Waals surface area contributed by atoms with Crippen molar-refractivity contribution < 1.29 is 4.42 Å². The monoisotopic (exact) mass is 278 g/mol. The molecule has 0 aliphatic heterocycles. The molecule has 0 saturated carbocycles. The molecule has 1 aromatic carbocycles. The third-order valence-electron chi connectivity index (χ3n) is 3.24. The van der Waals surface area contributed by atoms with E-state index in [4.69, 9.17) is 4.42 Å². The van der Waals surface area contributed by atoms with E-state index in [0.29, 0.717) is 12.2 Å². The molecule has 0 bridgehead atoms. The lowest BCUT2D eigenvalue weighted by molar-refractivity contribution is 0.486. The minimum Gasteiger partial charge on any atom is -0.466 e. The molecule has 0 unspecified atom stereocenters.